The van der Waals surface area contributed by atoms with Gasteiger partial charge in [-0.2, -0.15) is 10.5 Å². The van der Waals surface area contributed by atoms with E-state index in [1.807, 2.05) is 30.3 Å². The number of nitriles is 2. The van der Waals surface area contributed by atoms with Crippen molar-refractivity contribution in [2.45, 2.75) is 43.4 Å². The Hall–Kier alpha value is -2.50. The standard InChI is InChI=1S/C19H20N4S/c1-2-3-5-10-15-16(11-20)18(22)23-19(17(15)12-21)24-13-14-8-6-4-7-9-14/h4,6-9H,2-3,5,10,13H2,1H3,(H2,22,23). The van der Waals surface area contributed by atoms with Crippen LogP contribution in [0.2, 0.25) is 0 Å². The van der Waals surface area contributed by atoms with Gasteiger partial charge < -0.3 is 5.73 Å². The minimum Gasteiger partial charge on any atom is -0.383 e. The van der Waals surface area contributed by atoms with Crippen molar-refractivity contribution >= 4 is 17.6 Å². The number of unbranched alkanes of at least 4 members (excludes halogenated alkanes) is 2. The molecule has 0 radical (unpaired) electrons. The molecule has 5 heteroatoms. The highest BCUT2D eigenvalue weighted by atomic mass is 32.2. The second-order valence-corrected chi connectivity index (χ2v) is 6.45. The molecule has 0 bridgehead atoms. The first kappa shape index (κ1) is 17.8. The minimum atomic E-state index is 0.221. The summed E-state index contributed by atoms with van der Waals surface area (Å²) in [4.78, 5) is 4.31. The quantitative estimate of drug-likeness (QED) is 0.597. The van der Waals surface area contributed by atoms with Crippen molar-refractivity contribution in [2.75, 3.05) is 5.73 Å². The zero-order valence-corrected chi connectivity index (χ0v) is 14.6. The van der Waals surface area contributed by atoms with Gasteiger partial charge in [0.1, 0.15) is 23.0 Å². The Balaban J connectivity index is 2.33. The van der Waals surface area contributed by atoms with Crippen molar-refractivity contribution in [3.8, 4) is 12.1 Å². The number of aromatic nitrogens is 1. The van der Waals surface area contributed by atoms with Crippen LogP contribution in [-0.2, 0) is 12.2 Å². The first-order chi connectivity index (χ1) is 11.7. The molecular formula is C19H20N4S. The van der Waals surface area contributed by atoms with Gasteiger partial charge in [0, 0.05) is 5.75 Å². The number of nitrogen functional groups attached to an aromatic ring is 1. The average Bonchev–Trinajstić information content (AvgIpc) is 2.61. The highest BCUT2D eigenvalue weighted by Crippen LogP contribution is 2.31. The van der Waals surface area contributed by atoms with Gasteiger partial charge in [-0.3, -0.25) is 0 Å². The first-order valence-electron chi connectivity index (χ1n) is 8.00. The van der Waals surface area contributed by atoms with Crippen LogP contribution in [0.25, 0.3) is 0 Å². The number of thioether (sulfide) groups is 1. The Morgan fingerprint density at radius 3 is 2.42 bits per heavy atom. The van der Waals surface area contributed by atoms with Gasteiger partial charge in [0.2, 0.25) is 0 Å². The van der Waals surface area contributed by atoms with Gasteiger partial charge >= 0.3 is 0 Å². The molecular weight excluding hydrogens is 316 g/mol. The molecule has 0 aliphatic heterocycles. The fourth-order valence-electron chi connectivity index (χ4n) is 2.50. The summed E-state index contributed by atoms with van der Waals surface area (Å²) in [6.45, 7) is 2.12. The summed E-state index contributed by atoms with van der Waals surface area (Å²) in [6, 6.07) is 14.4. The number of pyridine rings is 1. The number of nitrogens with zero attached hydrogens (tertiary/aromatic N) is 3. The van der Waals surface area contributed by atoms with Crippen LogP contribution in [0.3, 0.4) is 0 Å². The Bertz CT molecular complexity index is 773. The Morgan fingerprint density at radius 2 is 1.79 bits per heavy atom. The van der Waals surface area contributed by atoms with E-state index in [1.165, 1.54) is 11.8 Å². The van der Waals surface area contributed by atoms with E-state index in [1.54, 1.807) is 0 Å². The fourth-order valence-corrected chi connectivity index (χ4v) is 3.47. The van der Waals surface area contributed by atoms with Crippen LogP contribution in [0.4, 0.5) is 5.82 Å². The van der Waals surface area contributed by atoms with E-state index in [2.05, 4.69) is 24.0 Å². The predicted octanol–water partition coefficient (Wildman–Crippen LogP) is 4.43. The third-order valence-electron chi connectivity index (χ3n) is 3.77. The minimum absolute atomic E-state index is 0.221. The van der Waals surface area contributed by atoms with Gasteiger partial charge in [-0.1, -0.05) is 50.1 Å². The van der Waals surface area contributed by atoms with E-state index < -0.39 is 0 Å². The average molecular weight is 336 g/mol. The molecule has 2 N–H and O–H groups in total. The summed E-state index contributed by atoms with van der Waals surface area (Å²) < 4.78 is 0. The topological polar surface area (TPSA) is 86.5 Å². The van der Waals surface area contributed by atoms with E-state index in [9.17, 15) is 10.5 Å². The molecule has 0 saturated carbocycles. The van der Waals surface area contributed by atoms with Crippen molar-refractivity contribution in [3.63, 3.8) is 0 Å². The summed E-state index contributed by atoms with van der Waals surface area (Å²) in [7, 11) is 0. The molecule has 1 aromatic carbocycles. The van der Waals surface area contributed by atoms with Crippen LogP contribution in [-0.4, -0.2) is 4.98 Å². The van der Waals surface area contributed by atoms with Gasteiger partial charge in [-0.15, -0.1) is 11.8 Å². The van der Waals surface area contributed by atoms with Crippen molar-refractivity contribution in [2.24, 2.45) is 0 Å². The Morgan fingerprint density at radius 1 is 1.08 bits per heavy atom. The molecule has 0 fully saturated rings. The van der Waals surface area contributed by atoms with Crippen LogP contribution in [0, 0.1) is 22.7 Å². The van der Waals surface area contributed by atoms with Crippen molar-refractivity contribution in [3.05, 3.63) is 52.6 Å². The summed E-state index contributed by atoms with van der Waals surface area (Å²) in [5.41, 5.74) is 8.73. The Kier molecular flexibility index (Phi) is 6.66. The largest absolute Gasteiger partial charge is 0.383 e. The maximum atomic E-state index is 9.61. The van der Waals surface area contributed by atoms with Gasteiger partial charge in [0.15, 0.2) is 0 Å². The third kappa shape index (κ3) is 4.28. The maximum absolute atomic E-state index is 9.61. The molecule has 0 aliphatic carbocycles. The lowest BCUT2D eigenvalue weighted by Gasteiger charge is -2.12. The molecule has 0 saturated heterocycles. The monoisotopic (exact) mass is 336 g/mol. The lowest BCUT2D eigenvalue weighted by atomic mass is 9.98. The van der Waals surface area contributed by atoms with Crippen LogP contribution < -0.4 is 5.73 Å². The molecule has 0 amide bonds. The number of nitrogens with two attached hydrogens (primary N) is 1. The molecule has 0 aliphatic rings. The molecule has 0 atom stereocenters. The van der Waals surface area contributed by atoms with E-state index in [-0.39, 0.29) is 5.82 Å². The second kappa shape index (κ2) is 8.96. The maximum Gasteiger partial charge on any atom is 0.143 e. The Labute approximate surface area is 147 Å². The van der Waals surface area contributed by atoms with Crippen molar-refractivity contribution in [1.29, 1.82) is 10.5 Å². The van der Waals surface area contributed by atoms with Crippen LogP contribution >= 0.6 is 11.8 Å². The molecule has 122 valence electrons. The van der Waals surface area contributed by atoms with E-state index in [4.69, 9.17) is 5.73 Å². The highest BCUT2D eigenvalue weighted by molar-refractivity contribution is 7.98. The number of rotatable bonds is 7. The number of hydrogen-bond donors (Lipinski definition) is 1. The summed E-state index contributed by atoms with van der Waals surface area (Å²) in [5.74, 6) is 0.931. The molecule has 0 spiro atoms. The van der Waals surface area contributed by atoms with E-state index in [0.717, 1.165) is 30.4 Å². The normalized spacial score (nSPS) is 10.1. The number of anilines is 1. The highest BCUT2D eigenvalue weighted by Gasteiger charge is 2.18. The first-order valence-corrected chi connectivity index (χ1v) is 8.99. The second-order valence-electron chi connectivity index (χ2n) is 5.49. The van der Waals surface area contributed by atoms with Gasteiger partial charge in [0.05, 0.1) is 11.1 Å². The van der Waals surface area contributed by atoms with Gasteiger partial charge in [-0.25, -0.2) is 4.98 Å². The lowest BCUT2D eigenvalue weighted by molar-refractivity contribution is 0.713. The lowest BCUT2D eigenvalue weighted by Crippen LogP contribution is -2.06. The smallest absolute Gasteiger partial charge is 0.143 e. The van der Waals surface area contributed by atoms with Crippen LogP contribution in [0.5, 0.6) is 0 Å². The summed E-state index contributed by atoms with van der Waals surface area (Å²) in [5, 5.41) is 19.6. The van der Waals surface area contributed by atoms with Gasteiger partial charge in [0.25, 0.3) is 0 Å². The summed E-state index contributed by atoms with van der Waals surface area (Å²) >= 11 is 1.49. The fraction of sp³-hybridized carbons (Fsp3) is 0.316. The molecule has 0 unspecified atom stereocenters. The molecule has 1 heterocycles. The molecule has 4 nitrogen and oxygen atoms in total. The molecule has 1 aromatic heterocycles. The van der Waals surface area contributed by atoms with Gasteiger partial charge in [-0.05, 0) is 24.0 Å². The van der Waals surface area contributed by atoms with Crippen molar-refractivity contribution in [1.82, 2.24) is 4.98 Å². The van der Waals surface area contributed by atoms with E-state index in [0.29, 0.717) is 28.3 Å². The zero-order chi connectivity index (χ0) is 17.4. The molecule has 2 aromatic rings. The molecule has 24 heavy (non-hydrogen) atoms. The summed E-state index contributed by atoms with van der Waals surface area (Å²) in [6.07, 6.45) is 3.77. The number of benzene rings is 1. The number of hydrogen-bond acceptors (Lipinski definition) is 5. The molecule has 2 rings (SSSR count). The van der Waals surface area contributed by atoms with Crippen LogP contribution in [0.1, 0.15) is 48.4 Å². The zero-order valence-electron chi connectivity index (χ0n) is 13.7. The predicted molar refractivity (Wildman–Crippen MR) is 97.3 cm³/mol. The van der Waals surface area contributed by atoms with E-state index >= 15 is 0 Å². The van der Waals surface area contributed by atoms with Crippen molar-refractivity contribution < 1.29 is 0 Å². The van der Waals surface area contributed by atoms with Crippen LogP contribution in [0.15, 0.2) is 35.4 Å². The SMILES string of the molecule is CCCCCc1c(C#N)c(N)nc(SCc2ccccc2)c1C#N. The third-order valence-corrected chi connectivity index (χ3v) is 4.81.